The topological polar surface area (TPSA) is 120 Å². The predicted octanol–water partition coefficient (Wildman–Crippen LogP) is 2.94. The Balaban J connectivity index is 1.49. The quantitative estimate of drug-likeness (QED) is 0.299. The molecule has 8 heteroatoms. The molecule has 0 spiro atoms. The maximum Gasteiger partial charge on any atom is 0.270 e. The lowest BCUT2D eigenvalue weighted by Crippen LogP contribution is -2.16. The fourth-order valence-electron chi connectivity index (χ4n) is 2.76. The minimum absolute atomic E-state index is 0.0514. The normalized spacial score (nSPS) is 10.2. The highest BCUT2D eigenvalue weighted by Crippen LogP contribution is 2.19. The van der Waals surface area contributed by atoms with Crippen molar-refractivity contribution in [2.45, 2.75) is 0 Å². The van der Waals surface area contributed by atoms with Gasteiger partial charge in [-0.3, -0.25) is 9.78 Å². The van der Waals surface area contributed by atoms with Gasteiger partial charge < -0.3 is 0 Å². The zero-order valence-electron chi connectivity index (χ0n) is 16.6. The largest absolute Gasteiger partial charge is 0.290 e. The van der Waals surface area contributed by atoms with E-state index in [0.29, 0.717) is 11.3 Å². The maximum atomic E-state index is 12.3. The van der Waals surface area contributed by atoms with Gasteiger partial charge in [-0.25, -0.2) is 20.4 Å². The van der Waals surface area contributed by atoms with Crippen LogP contribution in [0.3, 0.4) is 0 Å². The molecule has 0 aliphatic heterocycles. The average Bonchev–Trinajstić information content (AvgIpc) is 2.84. The molecule has 0 unspecified atom stereocenters. The SMILES string of the molecule is N#Cc1c(-c2ccccc2)nc(NN=Cc2ccc(C#Cc3cncnc3)cc2)[nH]c1=O. The number of aromatic nitrogens is 4. The lowest BCUT2D eigenvalue weighted by Gasteiger charge is -2.05. The fraction of sp³-hybridized carbons (Fsp3) is 0. The van der Waals surface area contributed by atoms with Crippen LogP contribution in [-0.4, -0.2) is 26.2 Å². The summed E-state index contributed by atoms with van der Waals surface area (Å²) in [6.07, 6.45) is 6.34. The number of hydrazone groups is 1. The van der Waals surface area contributed by atoms with E-state index in [4.69, 9.17) is 0 Å². The Hall–Kier alpha value is -5.08. The lowest BCUT2D eigenvalue weighted by molar-refractivity contribution is 1.08. The van der Waals surface area contributed by atoms with Crippen LogP contribution in [0, 0.1) is 23.2 Å². The molecule has 0 amide bonds. The molecule has 2 N–H and O–H groups in total. The number of H-pyrrole nitrogens is 1. The molecule has 32 heavy (non-hydrogen) atoms. The Morgan fingerprint density at radius 2 is 1.69 bits per heavy atom. The van der Waals surface area contributed by atoms with Crippen LogP contribution >= 0.6 is 0 Å². The molecule has 2 heterocycles. The van der Waals surface area contributed by atoms with E-state index in [2.05, 4.69) is 42.3 Å². The van der Waals surface area contributed by atoms with Crippen LogP contribution in [0.2, 0.25) is 0 Å². The smallest absolute Gasteiger partial charge is 0.270 e. The van der Waals surface area contributed by atoms with Gasteiger partial charge in [0.2, 0.25) is 5.95 Å². The highest BCUT2D eigenvalue weighted by atomic mass is 16.1. The fourth-order valence-corrected chi connectivity index (χ4v) is 2.76. The van der Waals surface area contributed by atoms with E-state index in [0.717, 1.165) is 16.7 Å². The van der Waals surface area contributed by atoms with E-state index < -0.39 is 5.56 Å². The highest BCUT2D eigenvalue weighted by molar-refractivity contribution is 5.80. The zero-order valence-corrected chi connectivity index (χ0v) is 16.6. The molecule has 2 aromatic heterocycles. The van der Waals surface area contributed by atoms with Crippen molar-refractivity contribution in [2.75, 3.05) is 5.43 Å². The molecule has 0 aliphatic carbocycles. The maximum absolute atomic E-state index is 12.3. The van der Waals surface area contributed by atoms with Crippen molar-refractivity contribution in [1.82, 2.24) is 19.9 Å². The first-order chi connectivity index (χ1) is 15.7. The number of hydrogen-bond acceptors (Lipinski definition) is 7. The van der Waals surface area contributed by atoms with E-state index in [-0.39, 0.29) is 11.5 Å². The van der Waals surface area contributed by atoms with Gasteiger partial charge in [-0.05, 0) is 17.7 Å². The van der Waals surface area contributed by atoms with Gasteiger partial charge in [0.05, 0.1) is 17.5 Å². The van der Waals surface area contributed by atoms with E-state index in [9.17, 15) is 10.1 Å². The van der Waals surface area contributed by atoms with Crippen molar-refractivity contribution in [2.24, 2.45) is 5.10 Å². The molecule has 0 fully saturated rings. The molecule has 2 aromatic carbocycles. The van der Waals surface area contributed by atoms with E-state index >= 15 is 0 Å². The van der Waals surface area contributed by atoms with Crippen molar-refractivity contribution >= 4 is 12.2 Å². The molecule has 8 nitrogen and oxygen atoms in total. The number of aromatic amines is 1. The van der Waals surface area contributed by atoms with Crippen molar-refractivity contribution in [3.05, 3.63) is 106 Å². The number of anilines is 1. The average molecular weight is 417 g/mol. The van der Waals surface area contributed by atoms with Crippen LogP contribution in [0.25, 0.3) is 11.3 Å². The monoisotopic (exact) mass is 417 g/mol. The lowest BCUT2D eigenvalue weighted by atomic mass is 10.1. The Labute approximate surface area is 183 Å². The number of nitrogens with zero attached hydrogens (tertiary/aromatic N) is 5. The number of benzene rings is 2. The van der Waals surface area contributed by atoms with Crippen molar-refractivity contribution < 1.29 is 0 Å². The molecule has 0 radical (unpaired) electrons. The Kier molecular flexibility index (Phi) is 6.07. The van der Waals surface area contributed by atoms with Crippen molar-refractivity contribution in [3.63, 3.8) is 0 Å². The van der Waals surface area contributed by atoms with Crippen molar-refractivity contribution in [1.29, 1.82) is 5.26 Å². The summed E-state index contributed by atoms with van der Waals surface area (Å²) < 4.78 is 0. The molecule has 152 valence electrons. The standard InChI is InChI=1S/C24H15N7O/c25-12-21-22(20-4-2-1-3-5-20)29-24(30-23(21)32)31-28-15-18-9-6-17(7-10-18)8-11-19-13-26-16-27-14-19/h1-7,9-10,13-16H,(H2,29,30,31,32). The van der Waals surface area contributed by atoms with Crippen LogP contribution in [0.5, 0.6) is 0 Å². The number of hydrogen-bond donors (Lipinski definition) is 2. The van der Waals surface area contributed by atoms with Crippen molar-refractivity contribution in [3.8, 4) is 29.2 Å². The van der Waals surface area contributed by atoms with Gasteiger partial charge in [-0.2, -0.15) is 10.4 Å². The highest BCUT2D eigenvalue weighted by Gasteiger charge is 2.12. The van der Waals surface area contributed by atoms with Gasteiger partial charge in [0.25, 0.3) is 5.56 Å². The Morgan fingerprint density at radius 1 is 0.969 bits per heavy atom. The first kappa shape index (κ1) is 20.2. The first-order valence-electron chi connectivity index (χ1n) is 9.49. The molecular formula is C24H15N7O. The number of rotatable bonds is 4. The predicted molar refractivity (Wildman–Crippen MR) is 121 cm³/mol. The second kappa shape index (κ2) is 9.61. The van der Waals surface area contributed by atoms with Gasteiger partial charge >= 0.3 is 0 Å². The second-order valence-electron chi connectivity index (χ2n) is 6.49. The summed E-state index contributed by atoms with van der Waals surface area (Å²) in [5.74, 6) is 6.17. The summed E-state index contributed by atoms with van der Waals surface area (Å²) in [6, 6.07) is 18.4. The summed E-state index contributed by atoms with van der Waals surface area (Å²) in [5, 5.41) is 13.4. The van der Waals surface area contributed by atoms with E-state index in [1.807, 2.05) is 48.5 Å². The zero-order chi connectivity index (χ0) is 22.2. The van der Waals surface area contributed by atoms with Crippen LogP contribution in [0.15, 0.2) is 83.2 Å². The molecule has 0 saturated heterocycles. The molecule has 0 atom stereocenters. The third kappa shape index (κ3) is 4.90. The number of nitriles is 1. The number of nitrogens with one attached hydrogen (secondary N) is 2. The van der Waals surface area contributed by atoms with Gasteiger partial charge in [-0.1, -0.05) is 54.3 Å². The Bertz CT molecular complexity index is 1410. The van der Waals surface area contributed by atoms with E-state index in [1.165, 1.54) is 6.33 Å². The van der Waals surface area contributed by atoms with E-state index in [1.54, 1.807) is 30.7 Å². The molecule has 4 aromatic rings. The summed E-state index contributed by atoms with van der Waals surface area (Å²) in [4.78, 5) is 27.0. The summed E-state index contributed by atoms with van der Waals surface area (Å²) in [7, 11) is 0. The van der Waals surface area contributed by atoms with Gasteiger partial charge in [0.1, 0.15) is 18.0 Å². The second-order valence-corrected chi connectivity index (χ2v) is 6.49. The summed E-state index contributed by atoms with van der Waals surface area (Å²) in [5.41, 5.74) is 5.48. The third-order valence-electron chi connectivity index (χ3n) is 4.28. The summed E-state index contributed by atoms with van der Waals surface area (Å²) in [6.45, 7) is 0. The molecule has 0 saturated carbocycles. The first-order valence-corrected chi connectivity index (χ1v) is 9.49. The van der Waals surface area contributed by atoms with Crippen LogP contribution in [0.4, 0.5) is 5.95 Å². The van der Waals surface area contributed by atoms with Gasteiger partial charge in [0, 0.05) is 23.5 Å². The van der Waals surface area contributed by atoms with Gasteiger partial charge in [0.15, 0.2) is 0 Å². The summed E-state index contributed by atoms with van der Waals surface area (Å²) >= 11 is 0. The molecule has 4 rings (SSSR count). The molecular weight excluding hydrogens is 402 g/mol. The van der Waals surface area contributed by atoms with Crippen LogP contribution < -0.4 is 11.0 Å². The van der Waals surface area contributed by atoms with Crippen LogP contribution in [-0.2, 0) is 0 Å². The van der Waals surface area contributed by atoms with Gasteiger partial charge in [-0.15, -0.1) is 0 Å². The minimum Gasteiger partial charge on any atom is -0.290 e. The molecule has 0 aliphatic rings. The third-order valence-corrected chi connectivity index (χ3v) is 4.28. The Morgan fingerprint density at radius 3 is 2.41 bits per heavy atom. The molecule has 0 bridgehead atoms. The minimum atomic E-state index is -0.536. The van der Waals surface area contributed by atoms with Crippen LogP contribution in [0.1, 0.15) is 22.3 Å².